The van der Waals surface area contributed by atoms with Gasteiger partial charge < -0.3 is 14.9 Å². The number of rotatable bonds is 4. The van der Waals surface area contributed by atoms with Crippen molar-refractivity contribution >= 4 is 17.5 Å². The first-order valence-electron chi connectivity index (χ1n) is 11.6. The summed E-state index contributed by atoms with van der Waals surface area (Å²) in [4.78, 5) is 37.5. The van der Waals surface area contributed by atoms with Gasteiger partial charge in [0.1, 0.15) is 12.8 Å². The van der Waals surface area contributed by atoms with E-state index in [4.69, 9.17) is 4.74 Å². The average molecular weight is 449 g/mol. The first-order chi connectivity index (χ1) is 15.0. The van der Waals surface area contributed by atoms with E-state index in [0.717, 1.165) is 0 Å². The van der Waals surface area contributed by atoms with Gasteiger partial charge in [-0.25, -0.2) is 4.39 Å². The molecular weight excluding hydrogens is 415 g/mol. The highest BCUT2D eigenvalue weighted by Crippen LogP contribution is 2.69. The molecule has 0 aromatic rings. The number of ketones is 2. The van der Waals surface area contributed by atoms with Crippen LogP contribution in [0.2, 0.25) is 0 Å². The first-order valence-corrected chi connectivity index (χ1v) is 11.6. The standard InChI is InChI=1S/C25H33FO6/c1-5-21(31)32-25(20(30)12-27)13(2)8-16-15-10-18(26)17-9-14(28)6-7-23(17,3)22(15)19(29)11-24(16,25)4/h6-7,9,13,15-16,18-19,22,27,29H,5,8,10-12H2,1-4H3/t13?,15-,16-,18?,19-,22+,23-,24-,25+/m0/s1. The van der Waals surface area contributed by atoms with Crippen LogP contribution in [0.15, 0.2) is 23.8 Å². The quantitative estimate of drug-likeness (QED) is 0.642. The van der Waals surface area contributed by atoms with Gasteiger partial charge in [0.05, 0.1) is 6.10 Å². The SMILES string of the molecule is CCC(=O)O[C@@]1(C(=O)CO)C(C)C[C@H]2[C@@H]3CC(F)C4=CC(=O)C=C[C@]4(C)[C@H]3[C@@H](O)C[C@@]21C. The van der Waals surface area contributed by atoms with Gasteiger partial charge in [-0.3, -0.25) is 14.4 Å². The molecule has 4 aliphatic rings. The topological polar surface area (TPSA) is 101 Å². The van der Waals surface area contributed by atoms with Crippen LogP contribution in [0.25, 0.3) is 0 Å². The van der Waals surface area contributed by atoms with Crippen molar-refractivity contribution in [2.24, 2.45) is 34.5 Å². The van der Waals surface area contributed by atoms with Crippen LogP contribution in [0, 0.1) is 34.5 Å². The van der Waals surface area contributed by atoms with Crippen molar-refractivity contribution in [1.29, 1.82) is 0 Å². The van der Waals surface area contributed by atoms with Gasteiger partial charge in [-0.2, -0.15) is 0 Å². The van der Waals surface area contributed by atoms with E-state index in [9.17, 15) is 24.6 Å². The van der Waals surface area contributed by atoms with Crippen LogP contribution in [-0.2, 0) is 19.1 Å². The van der Waals surface area contributed by atoms with Crippen LogP contribution in [0.4, 0.5) is 4.39 Å². The zero-order chi connectivity index (χ0) is 23.6. The van der Waals surface area contributed by atoms with E-state index in [2.05, 4.69) is 0 Å². The fourth-order valence-corrected chi connectivity index (χ4v) is 7.89. The summed E-state index contributed by atoms with van der Waals surface area (Å²) >= 11 is 0. The predicted molar refractivity (Wildman–Crippen MR) is 114 cm³/mol. The molecule has 0 aromatic carbocycles. The molecule has 0 saturated heterocycles. The van der Waals surface area contributed by atoms with Crippen molar-refractivity contribution in [2.75, 3.05) is 6.61 Å². The maximum Gasteiger partial charge on any atom is 0.306 e. The minimum absolute atomic E-state index is 0.0835. The summed E-state index contributed by atoms with van der Waals surface area (Å²) in [6, 6.07) is 0. The molecule has 4 aliphatic carbocycles. The Morgan fingerprint density at radius 3 is 2.59 bits per heavy atom. The number of hydrogen-bond acceptors (Lipinski definition) is 6. The highest BCUT2D eigenvalue weighted by Gasteiger charge is 2.73. The van der Waals surface area contributed by atoms with E-state index in [1.807, 2.05) is 20.8 Å². The third-order valence-electron chi connectivity index (χ3n) is 9.14. The molecule has 0 heterocycles. The lowest BCUT2D eigenvalue weighted by atomic mass is 9.46. The lowest BCUT2D eigenvalue weighted by Crippen LogP contribution is -2.64. The third-order valence-corrected chi connectivity index (χ3v) is 9.14. The molecule has 7 heteroatoms. The Labute approximate surface area is 187 Å². The molecule has 0 amide bonds. The van der Waals surface area contributed by atoms with E-state index in [1.54, 1.807) is 13.0 Å². The van der Waals surface area contributed by atoms with Crippen molar-refractivity contribution < 1.29 is 33.7 Å². The maximum absolute atomic E-state index is 15.5. The Kier molecular flexibility index (Phi) is 5.53. The van der Waals surface area contributed by atoms with Crippen molar-refractivity contribution in [3.8, 4) is 0 Å². The van der Waals surface area contributed by atoms with Crippen LogP contribution in [0.5, 0.6) is 0 Å². The van der Waals surface area contributed by atoms with Gasteiger partial charge in [-0.05, 0) is 48.8 Å². The molecule has 176 valence electrons. The number of alkyl halides is 1. The van der Waals surface area contributed by atoms with Crippen molar-refractivity contribution in [2.45, 2.75) is 71.3 Å². The molecule has 3 fully saturated rings. The Morgan fingerprint density at radius 1 is 1.28 bits per heavy atom. The van der Waals surface area contributed by atoms with E-state index in [-0.39, 0.29) is 48.7 Å². The fourth-order valence-electron chi connectivity index (χ4n) is 7.89. The van der Waals surface area contributed by atoms with Crippen molar-refractivity contribution in [3.63, 3.8) is 0 Å². The monoisotopic (exact) mass is 448 g/mol. The predicted octanol–water partition coefficient (Wildman–Crippen LogP) is 2.71. The van der Waals surface area contributed by atoms with Gasteiger partial charge >= 0.3 is 5.97 Å². The van der Waals surface area contributed by atoms with Crippen LogP contribution >= 0.6 is 0 Å². The number of hydrogen-bond donors (Lipinski definition) is 2. The van der Waals surface area contributed by atoms with Crippen LogP contribution in [0.1, 0.15) is 53.4 Å². The highest BCUT2D eigenvalue weighted by atomic mass is 19.1. The second-order valence-electron chi connectivity index (χ2n) is 10.6. The van der Waals surface area contributed by atoms with Gasteiger partial charge in [0.15, 0.2) is 11.4 Å². The Hall–Kier alpha value is -1.86. The molecule has 32 heavy (non-hydrogen) atoms. The molecule has 0 bridgehead atoms. The lowest BCUT2D eigenvalue weighted by molar-refractivity contribution is -0.206. The summed E-state index contributed by atoms with van der Waals surface area (Å²) in [7, 11) is 0. The van der Waals surface area contributed by atoms with Gasteiger partial charge in [-0.1, -0.05) is 33.8 Å². The van der Waals surface area contributed by atoms with E-state index in [1.165, 1.54) is 12.2 Å². The number of esters is 1. The zero-order valence-corrected chi connectivity index (χ0v) is 19.1. The van der Waals surface area contributed by atoms with Crippen molar-refractivity contribution in [1.82, 2.24) is 0 Å². The van der Waals surface area contributed by atoms with Crippen LogP contribution in [0.3, 0.4) is 0 Å². The number of ether oxygens (including phenoxy) is 1. The Balaban J connectivity index is 1.83. The third kappa shape index (κ3) is 2.86. The smallest absolute Gasteiger partial charge is 0.306 e. The number of halogens is 1. The molecule has 0 aliphatic heterocycles. The van der Waals surface area contributed by atoms with Gasteiger partial charge in [-0.15, -0.1) is 0 Å². The number of allylic oxidation sites excluding steroid dienone is 4. The summed E-state index contributed by atoms with van der Waals surface area (Å²) < 4.78 is 21.3. The number of fused-ring (bicyclic) bond motifs is 5. The molecule has 0 aromatic heterocycles. The minimum atomic E-state index is -1.56. The molecule has 0 spiro atoms. The second kappa shape index (κ2) is 7.59. The van der Waals surface area contributed by atoms with E-state index >= 15 is 4.39 Å². The minimum Gasteiger partial charge on any atom is -0.450 e. The van der Waals surface area contributed by atoms with Gasteiger partial charge in [0.25, 0.3) is 0 Å². The molecule has 2 unspecified atom stereocenters. The summed E-state index contributed by atoms with van der Waals surface area (Å²) in [5.74, 6) is -2.51. The second-order valence-corrected chi connectivity index (χ2v) is 10.6. The summed E-state index contributed by atoms with van der Waals surface area (Å²) in [6.45, 7) is 6.43. The highest BCUT2D eigenvalue weighted by molar-refractivity contribution is 6.01. The lowest BCUT2D eigenvalue weighted by Gasteiger charge is -2.60. The normalized spacial score (nSPS) is 47.2. The average Bonchev–Trinajstić information content (AvgIpc) is 2.95. The van der Waals surface area contributed by atoms with Gasteiger partial charge in [0, 0.05) is 29.1 Å². The number of carbonyl (C=O) groups excluding carboxylic acids is 3. The van der Waals surface area contributed by atoms with Crippen LogP contribution < -0.4 is 0 Å². The Morgan fingerprint density at radius 2 is 1.97 bits per heavy atom. The summed E-state index contributed by atoms with van der Waals surface area (Å²) in [6.07, 6.45) is 3.24. The van der Waals surface area contributed by atoms with Gasteiger partial charge in [0.2, 0.25) is 5.78 Å². The van der Waals surface area contributed by atoms with E-state index in [0.29, 0.717) is 12.0 Å². The zero-order valence-electron chi connectivity index (χ0n) is 19.1. The summed E-state index contributed by atoms with van der Waals surface area (Å²) in [5, 5.41) is 21.3. The Bertz CT molecular complexity index is 910. The van der Waals surface area contributed by atoms with Crippen LogP contribution in [-0.4, -0.2) is 52.2 Å². The molecule has 4 rings (SSSR count). The molecule has 6 nitrogen and oxygen atoms in total. The number of Topliss-reactive ketones (excluding diaryl/α,β-unsaturated/α-hetero) is 1. The summed E-state index contributed by atoms with van der Waals surface area (Å²) in [5.41, 5.74) is -2.89. The largest absolute Gasteiger partial charge is 0.450 e. The number of aliphatic hydroxyl groups is 2. The van der Waals surface area contributed by atoms with Crippen molar-refractivity contribution in [3.05, 3.63) is 23.8 Å². The van der Waals surface area contributed by atoms with E-state index < -0.39 is 47.1 Å². The molecule has 0 radical (unpaired) electrons. The number of aliphatic hydroxyl groups excluding tert-OH is 2. The molecule has 2 N–H and O–H groups in total. The number of carbonyl (C=O) groups is 3. The molecular formula is C25H33FO6. The first kappa shape index (κ1) is 23.3. The molecule has 9 atom stereocenters. The molecule has 3 saturated carbocycles. The maximum atomic E-state index is 15.5. The fraction of sp³-hybridized carbons (Fsp3) is 0.720.